The Morgan fingerprint density at radius 2 is 2.05 bits per heavy atom. The molecule has 3 rings (SSSR count). The van der Waals surface area contributed by atoms with Gasteiger partial charge in [0.2, 0.25) is 5.91 Å². The Kier molecular flexibility index (Phi) is 3.53. The highest BCUT2D eigenvalue weighted by Crippen LogP contribution is 2.20. The molecule has 0 aliphatic heterocycles. The number of rotatable bonds is 4. The van der Waals surface area contributed by atoms with Gasteiger partial charge in [-0.2, -0.15) is 0 Å². The Hall–Kier alpha value is -2.10. The fourth-order valence-corrected chi connectivity index (χ4v) is 2.69. The summed E-state index contributed by atoms with van der Waals surface area (Å²) < 4.78 is 0. The van der Waals surface area contributed by atoms with Gasteiger partial charge in [0, 0.05) is 18.0 Å². The minimum absolute atomic E-state index is 0.0393. The van der Waals surface area contributed by atoms with Gasteiger partial charge in [-0.15, -0.1) is 0 Å². The molecule has 1 amide bonds. The Bertz CT molecular complexity index is 757. The summed E-state index contributed by atoms with van der Waals surface area (Å²) in [6.45, 7) is 4.04. The molecule has 1 aromatic heterocycles. The standard InChI is InChI=1S/C17H20N2O2/c1-10-7-11(2)16-13(8-10)9-12(17(21)19-16)3-6-15(20)18-14-4-5-14/h7-9,14H,3-6H2,1-2H3,(H,18,20)(H,19,21). The molecular formula is C17H20N2O2. The summed E-state index contributed by atoms with van der Waals surface area (Å²) in [7, 11) is 0. The third-order valence-corrected chi connectivity index (χ3v) is 3.93. The highest BCUT2D eigenvalue weighted by Gasteiger charge is 2.23. The summed E-state index contributed by atoms with van der Waals surface area (Å²) in [5, 5.41) is 3.98. The van der Waals surface area contributed by atoms with Crippen molar-refractivity contribution < 1.29 is 4.79 Å². The van der Waals surface area contributed by atoms with Crippen molar-refractivity contribution in [1.29, 1.82) is 0 Å². The third-order valence-electron chi connectivity index (χ3n) is 3.93. The van der Waals surface area contributed by atoms with E-state index >= 15 is 0 Å². The Morgan fingerprint density at radius 1 is 1.29 bits per heavy atom. The van der Waals surface area contributed by atoms with Crippen LogP contribution in [0.15, 0.2) is 23.0 Å². The van der Waals surface area contributed by atoms with Gasteiger partial charge >= 0.3 is 0 Å². The SMILES string of the molecule is Cc1cc(C)c2[nH]c(=O)c(CCC(=O)NC3CC3)cc2c1. The molecule has 110 valence electrons. The second-order valence-electron chi connectivity index (χ2n) is 6.01. The number of aromatic amines is 1. The van der Waals surface area contributed by atoms with E-state index in [9.17, 15) is 9.59 Å². The highest BCUT2D eigenvalue weighted by atomic mass is 16.1. The molecule has 0 bridgehead atoms. The van der Waals surface area contributed by atoms with Crippen LogP contribution >= 0.6 is 0 Å². The number of H-pyrrole nitrogens is 1. The number of aryl methyl sites for hydroxylation is 3. The number of fused-ring (bicyclic) bond motifs is 1. The summed E-state index contributed by atoms with van der Waals surface area (Å²) in [6.07, 6.45) is 3.02. The first-order valence-electron chi connectivity index (χ1n) is 7.45. The van der Waals surface area contributed by atoms with E-state index in [0.717, 1.165) is 29.3 Å². The molecule has 1 aliphatic carbocycles. The molecule has 4 nitrogen and oxygen atoms in total. The first-order chi connectivity index (χ1) is 10.0. The monoisotopic (exact) mass is 284 g/mol. The van der Waals surface area contributed by atoms with E-state index in [2.05, 4.69) is 22.4 Å². The molecule has 0 radical (unpaired) electrons. The minimum Gasteiger partial charge on any atom is -0.353 e. The fraction of sp³-hybridized carbons (Fsp3) is 0.412. The van der Waals surface area contributed by atoms with Crippen LogP contribution in [0.2, 0.25) is 0 Å². The number of nitrogens with one attached hydrogen (secondary N) is 2. The molecule has 0 saturated heterocycles. The summed E-state index contributed by atoms with van der Waals surface area (Å²) in [4.78, 5) is 26.8. The number of amides is 1. The maximum absolute atomic E-state index is 12.1. The van der Waals surface area contributed by atoms with Gasteiger partial charge in [0.05, 0.1) is 5.52 Å². The number of pyridine rings is 1. The van der Waals surface area contributed by atoms with Crippen LogP contribution in [0.25, 0.3) is 10.9 Å². The van der Waals surface area contributed by atoms with E-state index in [0.29, 0.717) is 24.4 Å². The molecule has 0 unspecified atom stereocenters. The van der Waals surface area contributed by atoms with Gasteiger partial charge in [0.25, 0.3) is 5.56 Å². The zero-order chi connectivity index (χ0) is 15.0. The number of carbonyl (C=O) groups excluding carboxylic acids is 1. The molecule has 1 saturated carbocycles. The van der Waals surface area contributed by atoms with Crippen molar-refractivity contribution in [2.24, 2.45) is 0 Å². The van der Waals surface area contributed by atoms with E-state index < -0.39 is 0 Å². The van der Waals surface area contributed by atoms with Crippen molar-refractivity contribution in [3.63, 3.8) is 0 Å². The highest BCUT2D eigenvalue weighted by molar-refractivity contribution is 5.83. The van der Waals surface area contributed by atoms with Gasteiger partial charge < -0.3 is 10.3 Å². The average molecular weight is 284 g/mol. The van der Waals surface area contributed by atoms with Crippen LogP contribution in [0.1, 0.15) is 36.0 Å². The van der Waals surface area contributed by atoms with Crippen LogP contribution in [-0.4, -0.2) is 16.9 Å². The van der Waals surface area contributed by atoms with E-state index in [-0.39, 0.29) is 11.5 Å². The van der Waals surface area contributed by atoms with Crippen molar-refractivity contribution in [2.45, 2.75) is 45.6 Å². The van der Waals surface area contributed by atoms with Gasteiger partial charge in [-0.3, -0.25) is 9.59 Å². The summed E-state index contributed by atoms with van der Waals surface area (Å²) in [5.41, 5.74) is 3.72. The molecular weight excluding hydrogens is 264 g/mol. The van der Waals surface area contributed by atoms with Gasteiger partial charge in [0.1, 0.15) is 0 Å². The molecule has 21 heavy (non-hydrogen) atoms. The van der Waals surface area contributed by atoms with Crippen molar-refractivity contribution in [3.8, 4) is 0 Å². The van der Waals surface area contributed by atoms with E-state index in [1.165, 1.54) is 5.56 Å². The van der Waals surface area contributed by atoms with Crippen LogP contribution in [0, 0.1) is 13.8 Å². The molecule has 1 heterocycles. The van der Waals surface area contributed by atoms with Crippen LogP contribution in [0.5, 0.6) is 0 Å². The quantitative estimate of drug-likeness (QED) is 0.905. The van der Waals surface area contributed by atoms with Crippen LogP contribution in [0.4, 0.5) is 0 Å². The van der Waals surface area contributed by atoms with E-state index in [1.54, 1.807) is 0 Å². The first-order valence-corrected chi connectivity index (χ1v) is 7.45. The number of benzene rings is 1. The topological polar surface area (TPSA) is 62.0 Å². The predicted octanol–water partition coefficient (Wildman–Crippen LogP) is 2.36. The van der Waals surface area contributed by atoms with Crippen molar-refractivity contribution >= 4 is 16.8 Å². The van der Waals surface area contributed by atoms with Crippen molar-refractivity contribution in [2.75, 3.05) is 0 Å². The zero-order valence-electron chi connectivity index (χ0n) is 12.5. The lowest BCUT2D eigenvalue weighted by Gasteiger charge is -2.07. The van der Waals surface area contributed by atoms with Gasteiger partial charge in [-0.25, -0.2) is 0 Å². The normalized spacial score (nSPS) is 14.4. The molecule has 0 atom stereocenters. The predicted molar refractivity (Wildman–Crippen MR) is 83.5 cm³/mol. The molecule has 2 aromatic rings. The van der Waals surface area contributed by atoms with E-state index in [1.807, 2.05) is 19.9 Å². The number of hydrogen-bond acceptors (Lipinski definition) is 2. The van der Waals surface area contributed by atoms with Gasteiger partial charge in [-0.05, 0) is 56.2 Å². The summed E-state index contributed by atoms with van der Waals surface area (Å²) >= 11 is 0. The lowest BCUT2D eigenvalue weighted by Crippen LogP contribution is -2.26. The molecule has 2 N–H and O–H groups in total. The molecule has 1 aliphatic rings. The first kappa shape index (κ1) is 13.9. The molecule has 1 aromatic carbocycles. The number of aromatic nitrogens is 1. The van der Waals surface area contributed by atoms with Crippen LogP contribution in [-0.2, 0) is 11.2 Å². The lowest BCUT2D eigenvalue weighted by atomic mass is 10.0. The zero-order valence-corrected chi connectivity index (χ0v) is 12.5. The van der Waals surface area contributed by atoms with Gasteiger partial charge in [0.15, 0.2) is 0 Å². The second kappa shape index (κ2) is 5.35. The second-order valence-corrected chi connectivity index (χ2v) is 6.01. The number of carbonyl (C=O) groups is 1. The van der Waals surface area contributed by atoms with Crippen molar-refractivity contribution in [3.05, 3.63) is 45.2 Å². The van der Waals surface area contributed by atoms with Crippen molar-refractivity contribution in [1.82, 2.24) is 10.3 Å². The largest absolute Gasteiger partial charge is 0.353 e. The number of hydrogen-bond donors (Lipinski definition) is 2. The smallest absolute Gasteiger partial charge is 0.251 e. The Balaban J connectivity index is 1.82. The maximum atomic E-state index is 12.1. The Labute approximate surface area is 123 Å². The minimum atomic E-state index is -0.0892. The molecule has 1 fully saturated rings. The van der Waals surface area contributed by atoms with Gasteiger partial charge in [-0.1, -0.05) is 11.6 Å². The Morgan fingerprint density at radius 3 is 2.76 bits per heavy atom. The molecule has 4 heteroatoms. The molecule has 0 spiro atoms. The average Bonchev–Trinajstić information content (AvgIpc) is 3.21. The fourth-order valence-electron chi connectivity index (χ4n) is 2.69. The summed E-state index contributed by atoms with van der Waals surface area (Å²) in [6, 6.07) is 6.41. The summed E-state index contributed by atoms with van der Waals surface area (Å²) in [5.74, 6) is 0.0393. The van der Waals surface area contributed by atoms with Crippen LogP contribution in [0.3, 0.4) is 0 Å². The van der Waals surface area contributed by atoms with Crippen LogP contribution < -0.4 is 10.9 Å². The van der Waals surface area contributed by atoms with E-state index in [4.69, 9.17) is 0 Å². The maximum Gasteiger partial charge on any atom is 0.251 e. The lowest BCUT2D eigenvalue weighted by molar-refractivity contribution is -0.121. The third kappa shape index (κ3) is 3.15.